The van der Waals surface area contributed by atoms with E-state index in [4.69, 9.17) is 0 Å². The van der Waals surface area contributed by atoms with Gasteiger partial charge in [-0.15, -0.1) is 0 Å². The SMILES string of the molecule is C=CCC(C)[PH](C(C)CC=C)(C(C)CC=C)C(C)CC=C. The first-order valence-corrected chi connectivity index (χ1v) is 10.7. The van der Waals surface area contributed by atoms with Gasteiger partial charge in [0.05, 0.1) is 0 Å². The van der Waals surface area contributed by atoms with Crippen molar-refractivity contribution >= 4 is 7.26 Å². The fraction of sp³-hybridized carbons (Fsp3) is 0.600. The van der Waals surface area contributed by atoms with Crippen LogP contribution in [0.2, 0.25) is 0 Å². The Bertz CT molecular complexity index is 272. The number of hydrogen-bond acceptors (Lipinski definition) is 0. The molecule has 1 heteroatoms. The van der Waals surface area contributed by atoms with Crippen molar-refractivity contribution in [1.29, 1.82) is 0 Å². The molecule has 0 aliphatic heterocycles. The summed E-state index contributed by atoms with van der Waals surface area (Å²) in [5.41, 5.74) is 2.93. The Morgan fingerprint density at radius 1 is 0.571 bits per heavy atom. The molecule has 0 saturated carbocycles. The molecule has 0 rings (SSSR count). The molecule has 4 unspecified atom stereocenters. The van der Waals surface area contributed by atoms with Gasteiger partial charge in [-0.25, -0.2) is 0 Å². The van der Waals surface area contributed by atoms with Crippen molar-refractivity contribution in [2.24, 2.45) is 0 Å². The Labute approximate surface area is 134 Å². The van der Waals surface area contributed by atoms with Gasteiger partial charge in [0.25, 0.3) is 0 Å². The van der Waals surface area contributed by atoms with Crippen LogP contribution in [0.25, 0.3) is 0 Å². The van der Waals surface area contributed by atoms with Crippen LogP contribution in [0, 0.1) is 0 Å². The third-order valence-electron chi connectivity index (χ3n) is 5.50. The van der Waals surface area contributed by atoms with Crippen LogP contribution in [-0.2, 0) is 0 Å². The molecular formula is C20H37P. The van der Waals surface area contributed by atoms with E-state index in [1.54, 1.807) is 0 Å². The van der Waals surface area contributed by atoms with Crippen LogP contribution >= 0.6 is 7.26 Å². The predicted octanol–water partition coefficient (Wildman–Crippen LogP) is 6.59. The molecule has 122 valence electrons. The molecular weight excluding hydrogens is 271 g/mol. The maximum atomic E-state index is 3.99. The third-order valence-corrected chi connectivity index (χ3v) is 13.3. The van der Waals surface area contributed by atoms with Gasteiger partial charge in [0.1, 0.15) is 0 Å². The summed E-state index contributed by atoms with van der Waals surface area (Å²) in [7, 11) is -1.58. The van der Waals surface area contributed by atoms with Gasteiger partial charge < -0.3 is 0 Å². The van der Waals surface area contributed by atoms with E-state index in [1.165, 1.54) is 0 Å². The zero-order valence-electron chi connectivity index (χ0n) is 14.8. The summed E-state index contributed by atoms with van der Waals surface area (Å²) in [5, 5.41) is 0. The fourth-order valence-electron chi connectivity index (χ4n) is 4.73. The van der Waals surface area contributed by atoms with Gasteiger partial charge in [-0.05, 0) is 0 Å². The summed E-state index contributed by atoms with van der Waals surface area (Å²) in [6, 6.07) is 0. The summed E-state index contributed by atoms with van der Waals surface area (Å²) >= 11 is 0. The zero-order valence-corrected chi connectivity index (χ0v) is 15.8. The number of hydrogen-bond donors (Lipinski definition) is 0. The van der Waals surface area contributed by atoms with Crippen molar-refractivity contribution < 1.29 is 0 Å². The quantitative estimate of drug-likeness (QED) is 0.281. The molecule has 0 aliphatic rings. The van der Waals surface area contributed by atoms with E-state index in [-0.39, 0.29) is 0 Å². The minimum absolute atomic E-state index is 0.731. The molecule has 0 saturated heterocycles. The van der Waals surface area contributed by atoms with E-state index in [9.17, 15) is 0 Å². The van der Waals surface area contributed by atoms with E-state index in [1.807, 2.05) is 0 Å². The van der Waals surface area contributed by atoms with E-state index in [2.05, 4.69) is 78.3 Å². The van der Waals surface area contributed by atoms with Gasteiger partial charge in [0, 0.05) is 0 Å². The molecule has 0 aromatic heterocycles. The number of allylic oxidation sites excluding steroid dienone is 4. The van der Waals surface area contributed by atoms with Crippen molar-refractivity contribution in [2.75, 3.05) is 0 Å². The first-order valence-electron chi connectivity index (χ1n) is 8.36. The first kappa shape index (κ1) is 20.4. The normalized spacial score (nSPS) is 18.1. The molecule has 21 heavy (non-hydrogen) atoms. The zero-order chi connectivity index (χ0) is 16.5. The summed E-state index contributed by atoms with van der Waals surface area (Å²) < 4.78 is 0. The van der Waals surface area contributed by atoms with E-state index >= 15 is 0 Å². The van der Waals surface area contributed by atoms with E-state index in [0.29, 0.717) is 0 Å². The second kappa shape index (κ2) is 10.2. The van der Waals surface area contributed by atoms with Crippen LogP contribution in [0.15, 0.2) is 50.6 Å². The Morgan fingerprint density at radius 3 is 0.905 bits per heavy atom. The maximum absolute atomic E-state index is 3.99. The van der Waals surface area contributed by atoms with Crippen LogP contribution in [0.5, 0.6) is 0 Å². The molecule has 0 spiro atoms. The van der Waals surface area contributed by atoms with Crippen molar-refractivity contribution in [2.45, 2.75) is 76.0 Å². The van der Waals surface area contributed by atoms with Crippen molar-refractivity contribution in [3.63, 3.8) is 0 Å². The average Bonchev–Trinajstić information content (AvgIpc) is 2.40. The van der Waals surface area contributed by atoms with Crippen LogP contribution in [0.4, 0.5) is 0 Å². The Kier molecular flexibility index (Phi) is 9.88. The summed E-state index contributed by atoms with van der Waals surface area (Å²) in [6.07, 6.45) is 12.9. The Hall–Kier alpha value is -0.610. The van der Waals surface area contributed by atoms with Crippen molar-refractivity contribution in [3.8, 4) is 0 Å². The van der Waals surface area contributed by atoms with Crippen molar-refractivity contribution in [3.05, 3.63) is 50.6 Å². The molecule has 0 radical (unpaired) electrons. The second-order valence-electron chi connectivity index (χ2n) is 6.70. The van der Waals surface area contributed by atoms with E-state index in [0.717, 1.165) is 48.3 Å². The van der Waals surface area contributed by atoms with Gasteiger partial charge in [0.2, 0.25) is 0 Å². The monoisotopic (exact) mass is 308 g/mol. The molecule has 0 heterocycles. The van der Waals surface area contributed by atoms with Crippen LogP contribution in [0.1, 0.15) is 53.4 Å². The minimum atomic E-state index is -1.58. The Balaban J connectivity index is 5.88. The van der Waals surface area contributed by atoms with Gasteiger partial charge in [-0.3, -0.25) is 0 Å². The molecule has 0 aliphatic carbocycles. The second-order valence-corrected chi connectivity index (χ2v) is 12.6. The van der Waals surface area contributed by atoms with Crippen LogP contribution < -0.4 is 0 Å². The predicted molar refractivity (Wildman–Crippen MR) is 105 cm³/mol. The van der Waals surface area contributed by atoms with Gasteiger partial charge >= 0.3 is 134 Å². The Morgan fingerprint density at radius 2 is 0.762 bits per heavy atom. The molecule has 0 fully saturated rings. The topological polar surface area (TPSA) is 0 Å². The standard InChI is InChI=1S/C20H37P/c1-9-13-17(5)21(18(6)14-10-2,19(7)15-11-3)20(8)16-12-4/h9-12,17-21H,1-4,13-16H2,5-8H3. The van der Waals surface area contributed by atoms with Crippen LogP contribution in [0.3, 0.4) is 0 Å². The average molecular weight is 308 g/mol. The first-order chi connectivity index (χ1) is 9.93. The fourth-order valence-corrected chi connectivity index (χ4v) is 12.9. The van der Waals surface area contributed by atoms with Gasteiger partial charge in [-0.2, -0.15) is 0 Å². The molecule has 0 bridgehead atoms. The molecule has 4 atom stereocenters. The summed E-state index contributed by atoms with van der Waals surface area (Å²) in [6.45, 7) is 25.8. The summed E-state index contributed by atoms with van der Waals surface area (Å²) in [5.74, 6) is 0. The summed E-state index contributed by atoms with van der Waals surface area (Å²) in [4.78, 5) is 0. The molecule has 0 N–H and O–H groups in total. The van der Waals surface area contributed by atoms with Crippen molar-refractivity contribution in [1.82, 2.24) is 0 Å². The third kappa shape index (κ3) is 4.68. The molecule has 0 nitrogen and oxygen atoms in total. The molecule has 0 aromatic rings. The van der Waals surface area contributed by atoms with E-state index < -0.39 is 7.26 Å². The molecule has 0 amide bonds. The van der Waals surface area contributed by atoms with Gasteiger partial charge in [0.15, 0.2) is 0 Å². The van der Waals surface area contributed by atoms with Gasteiger partial charge in [-0.1, -0.05) is 0 Å². The van der Waals surface area contributed by atoms with Crippen LogP contribution in [-0.4, -0.2) is 22.6 Å². The molecule has 0 aromatic carbocycles. The number of rotatable bonds is 12.